The van der Waals surface area contributed by atoms with Gasteiger partial charge in [-0.2, -0.15) is 0 Å². The van der Waals surface area contributed by atoms with Crippen LogP contribution in [0.3, 0.4) is 0 Å². The summed E-state index contributed by atoms with van der Waals surface area (Å²) in [5, 5.41) is 11.8. The third-order valence-corrected chi connectivity index (χ3v) is 3.22. The Hall–Kier alpha value is -2.76. The Morgan fingerprint density at radius 1 is 1.27 bits per heavy atom. The molecule has 0 saturated heterocycles. The minimum atomic E-state index is -1.11. The van der Waals surface area contributed by atoms with Crippen molar-refractivity contribution in [2.45, 2.75) is 18.9 Å². The topological polar surface area (TPSA) is 88.8 Å². The second-order valence-electron chi connectivity index (χ2n) is 4.74. The molecule has 2 aromatic rings. The van der Waals surface area contributed by atoms with Crippen molar-refractivity contribution in [1.29, 1.82) is 0 Å². The number of rotatable bonds is 7. The van der Waals surface area contributed by atoms with Crippen molar-refractivity contribution in [3.63, 3.8) is 0 Å². The lowest BCUT2D eigenvalue weighted by molar-refractivity contribution is -0.142. The zero-order valence-electron chi connectivity index (χ0n) is 12.1. The van der Waals surface area contributed by atoms with Crippen LogP contribution in [0.15, 0.2) is 47.3 Å². The van der Waals surface area contributed by atoms with Crippen molar-refractivity contribution in [3.05, 3.63) is 54.0 Å². The first kappa shape index (κ1) is 15.6. The van der Waals surface area contributed by atoms with Crippen LogP contribution in [0.25, 0.3) is 0 Å². The van der Waals surface area contributed by atoms with Gasteiger partial charge in [-0.15, -0.1) is 0 Å². The van der Waals surface area contributed by atoms with Gasteiger partial charge in [0.15, 0.2) is 6.04 Å². The monoisotopic (exact) mass is 303 g/mol. The maximum Gasteiger partial charge on any atom is 0.330 e. The number of ether oxygens (including phenoxy) is 1. The summed E-state index contributed by atoms with van der Waals surface area (Å²) < 4.78 is 9.95. The first-order chi connectivity index (χ1) is 10.6. The number of hydrogen-bond acceptors (Lipinski definition) is 4. The number of furan rings is 1. The van der Waals surface area contributed by atoms with Gasteiger partial charge in [0.25, 0.3) is 0 Å². The standard InChI is InChI=1S/C16H17NO5/c1-21-13-5-3-12(4-6-13)15(16(19)20)17-14(18)7-2-11-8-9-22-10-11/h3-6,8-10,15H,2,7H2,1H3,(H,17,18)(H,19,20). The minimum Gasteiger partial charge on any atom is -0.497 e. The maximum atomic E-state index is 11.9. The van der Waals surface area contributed by atoms with Gasteiger partial charge in [-0.3, -0.25) is 4.79 Å². The lowest BCUT2D eigenvalue weighted by atomic mass is 10.1. The number of methoxy groups -OCH3 is 1. The molecule has 22 heavy (non-hydrogen) atoms. The molecule has 1 amide bonds. The number of carbonyl (C=O) groups is 2. The third-order valence-electron chi connectivity index (χ3n) is 3.22. The van der Waals surface area contributed by atoms with Crippen molar-refractivity contribution in [2.75, 3.05) is 7.11 Å². The average Bonchev–Trinajstić information content (AvgIpc) is 3.04. The second-order valence-corrected chi connectivity index (χ2v) is 4.74. The molecule has 0 radical (unpaired) electrons. The molecule has 0 aliphatic carbocycles. The summed E-state index contributed by atoms with van der Waals surface area (Å²) in [6.07, 6.45) is 3.78. The van der Waals surface area contributed by atoms with Crippen molar-refractivity contribution in [2.24, 2.45) is 0 Å². The molecule has 0 spiro atoms. The van der Waals surface area contributed by atoms with Gasteiger partial charge in [0, 0.05) is 6.42 Å². The van der Waals surface area contributed by atoms with E-state index in [1.807, 2.05) is 0 Å². The summed E-state index contributed by atoms with van der Waals surface area (Å²) in [7, 11) is 1.53. The van der Waals surface area contributed by atoms with E-state index in [9.17, 15) is 14.7 Å². The number of hydrogen-bond donors (Lipinski definition) is 2. The van der Waals surface area contributed by atoms with E-state index >= 15 is 0 Å². The quantitative estimate of drug-likeness (QED) is 0.818. The van der Waals surface area contributed by atoms with Crippen LogP contribution in [0, 0.1) is 0 Å². The van der Waals surface area contributed by atoms with Gasteiger partial charge in [0.2, 0.25) is 5.91 Å². The SMILES string of the molecule is COc1ccc(C(NC(=O)CCc2ccoc2)C(=O)O)cc1. The fourth-order valence-corrected chi connectivity index (χ4v) is 2.01. The maximum absolute atomic E-state index is 11.9. The molecule has 0 bridgehead atoms. The molecule has 2 rings (SSSR count). The fourth-order valence-electron chi connectivity index (χ4n) is 2.01. The van der Waals surface area contributed by atoms with Crippen molar-refractivity contribution >= 4 is 11.9 Å². The highest BCUT2D eigenvalue weighted by Gasteiger charge is 2.21. The molecule has 2 N–H and O–H groups in total. The number of aryl methyl sites for hydroxylation is 1. The first-order valence-corrected chi connectivity index (χ1v) is 6.77. The molecule has 0 aliphatic rings. The van der Waals surface area contributed by atoms with Crippen LogP contribution < -0.4 is 10.1 Å². The molecule has 0 fully saturated rings. The molecule has 6 nitrogen and oxygen atoms in total. The number of benzene rings is 1. The van der Waals surface area contributed by atoms with Crippen molar-refractivity contribution in [3.8, 4) is 5.75 Å². The number of amides is 1. The van der Waals surface area contributed by atoms with E-state index in [4.69, 9.17) is 9.15 Å². The molecule has 116 valence electrons. The van der Waals surface area contributed by atoms with Gasteiger partial charge in [0.05, 0.1) is 19.6 Å². The second kappa shape index (κ2) is 7.31. The van der Waals surface area contributed by atoms with Gasteiger partial charge in [0.1, 0.15) is 5.75 Å². The zero-order valence-corrected chi connectivity index (χ0v) is 12.1. The van der Waals surface area contributed by atoms with Crippen molar-refractivity contribution in [1.82, 2.24) is 5.32 Å². The van der Waals surface area contributed by atoms with E-state index in [0.717, 1.165) is 5.56 Å². The van der Waals surface area contributed by atoms with Gasteiger partial charge >= 0.3 is 5.97 Å². The van der Waals surface area contributed by atoms with Crippen LogP contribution in [0.5, 0.6) is 5.75 Å². The smallest absolute Gasteiger partial charge is 0.330 e. The van der Waals surface area contributed by atoms with E-state index in [1.54, 1.807) is 36.6 Å². The predicted molar refractivity (Wildman–Crippen MR) is 78.5 cm³/mol. The summed E-state index contributed by atoms with van der Waals surface area (Å²) in [6.45, 7) is 0. The summed E-state index contributed by atoms with van der Waals surface area (Å²) in [6, 6.07) is 7.24. The minimum absolute atomic E-state index is 0.194. The molecule has 1 aromatic heterocycles. The van der Waals surface area contributed by atoms with Gasteiger partial charge in [-0.05, 0) is 35.7 Å². The highest BCUT2D eigenvalue weighted by Crippen LogP contribution is 2.18. The number of nitrogens with one attached hydrogen (secondary N) is 1. The Kier molecular flexibility index (Phi) is 5.19. The molecule has 0 saturated carbocycles. The van der Waals surface area contributed by atoms with E-state index in [0.29, 0.717) is 17.7 Å². The molecule has 1 heterocycles. The van der Waals surface area contributed by atoms with Crippen LogP contribution in [0.2, 0.25) is 0 Å². The van der Waals surface area contributed by atoms with Crippen LogP contribution in [-0.4, -0.2) is 24.1 Å². The van der Waals surface area contributed by atoms with E-state index in [-0.39, 0.29) is 12.3 Å². The predicted octanol–water partition coefficient (Wildman–Crippen LogP) is 2.16. The zero-order chi connectivity index (χ0) is 15.9. The highest BCUT2D eigenvalue weighted by atomic mass is 16.5. The van der Waals surface area contributed by atoms with Crippen LogP contribution in [-0.2, 0) is 16.0 Å². The van der Waals surface area contributed by atoms with Gasteiger partial charge < -0.3 is 19.6 Å². The summed E-state index contributed by atoms with van der Waals surface area (Å²) >= 11 is 0. The molecule has 0 aliphatic heterocycles. The number of carbonyl (C=O) groups excluding carboxylic acids is 1. The normalized spacial score (nSPS) is 11.7. The number of aliphatic carboxylic acids is 1. The van der Waals surface area contributed by atoms with Crippen LogP contribution in [0.4, 0.5) is 0 Å². The molecule has 1 atom stereocenters. The molecular formula is C16H17NO5. The summed E-state index contributed by atoms with van der Waals surface area (Å²) in [5.74, 6) is -0.814. The van der Waals surface area contributed by atoms with E-state index < -0.39 is 12.0 Å². The van der Waals surface area contributed by atoms with Crippen molar-refractivity contribution < 1.29 is 23.8 Å². The Morgan fingerprint density at radius 3 is 2.55 bits per heavy atom. The average molecular weight is 303 g/mol. The fraction of sp³-hybridized carbons (Fsp3) is 0.250. The Bertz CT molecular complexity index is 618. The summed E-state index contributed by atoms with van der Waals surface area (Å²) in [4.78, 5) is 23.3. The molecular weight excluding hydrogens is 286 g/mol. The Morgan fingerprint density at radius 2 is 2.00 bits per heavy atom. The number of carboxylic acid groups (broad SMARTS) is 1. The lowest BCUT2D eigenvalue weighted by Crippen LogP contribution is -2.33. The Balaban J connectivity index is 1.98. The first-order valence-electron chi connectivity index (χ1n) is 6.77. The van der Waals surface area contributed by atoms with Gasteiger partial charge in [-0.25, -0.2) is 4.79 Å². The van der Waals surface area contributed by atoms with E-state index in [2.05, 4.69) is 5.32 Å². The van der Waals surface area contributed by atoms with Crippen LogP contribution >= 0.6 is 0 Å². The summed E-state index contributed by atoms with van der Waals surface area (Å²) in [5.41, 5.74) is 1.39. The molecule has 6 heteroatoms. The Labute approximate surface area is 127 Å². The third kappa shape index (κ3) is 4.12. The number of carboxylic acids is 1. The van der Waals surface area contributed by atoms with Crippen LogP contribution in [0.1, 0.15) is 23.6 Å². The molecule has 1 unspecified atom stereocenters. The highest BCUT2D eigenvalue weighted by molar-refractivity contribution is 5.84. The molecule has 1 aromatic carbocycles. The van der Waals surface area contributed by atoms with Gasteiger partial charge in [-0.1, -0.05) is 12.1 Å². The lowest BCUT2D eigenvalue weighted by Gasteiger charge is -2.15. The largest absolute Gasteiger partial charge is 0.497 e. The van der Waals surface area contributed by atoms with E-state index in [1.165, 1.54) is 13.4 Å².